The van der Waals surface area contributed by atoms with Gasteiger partial charge in [0, 0.05) is 22.7 Å². The van der Waals surface area contributed by atoms with Crippen molar-refractivity contribution < 1.29 is 23.5 Å². The zero-order chi connectivity index (χ0) is 20.2. The smallest absolute Gasteiger partial charge is 0.267 e. The number of fused-ring (bicyclic) bond motifs is 1. The predicted molar refractivity (Wildman–Crippen MR) is 103 cm³/mol. The number of rotatable bonds is 5. The molecule has 0 bridgehead atoms. The normalized spacial score (nSPS) is 12.8. The van der Waals surface area contributed by atoms with Gasteiger partial charge in [-0.05, 0) is 24.3 Å². The average molecular weight is 413 g/mol. The Morgan fingerprint density at radius 3 is 2.86 bits per heavy atom. The summed E-state index contributed by atoms with van der Waals surface area (Å²) in [4.78, 5) is 28.9. The third kappa shape index (κ3) is 4.35. The first-order valence-electron chi connectivity index (χ1n) is 8.73. The van der Waals surface area contributed by atoms with Gasteiger partial charge in [0.15, 0.2) is 16.3 Å². The molecule has 0 unspecified atom stereocenters. The van der Waals surface area contributed by atoms with Crippen LogP contribution in [0.15, 0.2) is 59.0 Å². The van der Waals surface area contributed by atoms with Crippen molar-refractivity contribution in [1.29, 1.82) is 0 Å². The zero-order valence-corrected chi connectivity index (χ0v) is 15.9. The van der Waals surface area contributed by atoms with Crippen LogP contribution in [0.3, 0.4) is 0 Å². The quantitative estimate of drug-likeness (QED) is 0.696. The van der Waals surface area contributed by atoms with Crippen LogP contribution in [-0.2, 0) is 11.3 Å². The highest BCUT2D eigenvalue weighted by Crippen LogP contribution is 2.32. The molecule has 7 nitrogen and oxygen atoms in total. The highest BCUT2D eigenvalue weighted by molar-refractivity contribution is 7.07. The molecular weight excluding hydrogens is 397 g/mol. The zero-order valence-electron chi connectivity index (χ0n) is 15.1. The van der Waals surface area contributed by atoms with E-state index in [9.17, 15) is 14.0 Å². The number of amides is 2. The second-order valence-electron chi connectivity index (χ2n) is 6.16. The Kier molecular flexibility index (Phi) is 5.39. The van der Waals surface area contributed by atoms with Crippen LogP contribution in [0.2, 0.25) is 0 Å². The van der Waals surface area contributed by atoms with Gasteiger partial charge in [0.1, 0.15) is 5.82 Å². The molecule has 1 aliphatic heterocycles. The van der Waals surface area contributed by atoms with Crippen molar-refractivity contribution in [1.82, 2.24) is 9.88 Å². The maximum absolute atomic E-state index is 13.9. The summed E-state index contributed by atoms with van der Waals surface area (Å²) in [5.74, 6) is -0.188. The van der Waals surface area contributed by atoms with Crippen LogP contribution in [-0.4, -0.2) is 29.7 Å². The molecule has 2 aromatic carbocycles. The number of hydrogen-bond donors (Lipinski definition) is 1. The van der Waals surface area contributed by atoms with Gasteiger partial charge in [-0.25, -0.2) is 4.39 Å². The minimum Gasteiger partial charge on any atom is -0.454 e. The van der Waals surface area contributed by atoms with Crippen LogP contribution in [0, 0.1) is 5.82 Å². The van der Waals surface area contributed by atoms with Gasteiger partial charge >= 0.3 is 0 Å². The van der Waals surface area contributed by atoms with E-state index in [1.54, 1.807) is 52.5 Å². The van der Waals surface area contributed by atoms with E-state index < -0.39 is 11.8 Å². The SMILES string of the molecule is O=C(CNC(=O)c1ccc2c(c1)OCO2)N=c1sccn1Cc1ccccc1F. The Hall–Kier alpha value is -3.46. The van der Waals surface area contributed by atoms with Gasteiger partial charge in [-0.2, -0.15) is 4.99 Å². The van der Waals surface area contributed by atoms with Crippen LogP contribution < -0.4 is 19.6 Å². The first kappa shape index (κ1) is 18.9. The third-order valence-electron chi connectivity index (χ3n) is 4.21. The lowest BCUT2D eigenvalue weighted by atomic mass is 10.2. The molecule has 0 aliphatic carbocycles. The van der Waals surface area contributed by atoms with Gasteiger partial charge in [-0.3, -0.25) is 9.59 Å². The van der Waals surface area contributed by atoms with Crippen molar-refractivity contribution in [3.63, 3.8) is 0 Å². The minimum absolute atomic E-state index is 0.117. The molecule has 0 fully saturated rings. The molecule has 0 saturated heterocycles. The van der Waals surface area contributed by atoms with E-state index >= 15 is 0 Å². The molecule has 0 atom stereocenters. The highest BCUT2D eigenvalue weighted by Gasteiger charge is 2.16. The Morgan fingerprint density at radius 2 is 2.00 bits per heavy atom. The number of carbonyl (C=O) groups excluding carboxylic acids is 2. The van der Waals surface area contributed by atoms with Crippen LogP contribution >= 0.6 is 11.3 Å². The topological polar surface area (TPSA) is 81.9 Å². The molecule has 0 spiro atoms. The number of ether oxygens (including phenoxy) is 2. The maximum Gasteiger partial charge on any atom is 0.267 e. The molecular formula is C20H16FN3O4S. The first-order valence-corrected chi connectivity index (χ1v) is 9.61. The number of nitrogens with zero attached hydrogens (tertiary/aromatic N) is 2. The van der Waals surface area contributed by atoms with Crippen molar-refractivity contribution in [3.8, 4) is 11.5 Å². The maximum atomic E-state index is 13.9. The number of carbonyl (C=O) groups is 2. The second-order valence-corrected chi connectivity index (χ2v) is 7.03. The molecule has 1 N–H and O–H groups in total. The molecule has 3 aromatic rings. The van der Waals surface area contributed by atoms with Crippen LogP contribution in [0.25, 0.3) is 0 Å². The molecule has 9 heteroatoms. The van der Waals surface area contributed by atoms with Gasteiger partial charge in [-0.15, -0.1) is 11.3 Å². The minimum atomic E-state index is -0.510. The summed E-state index contributed by atoms with van der Waals surface area (Å²) in [6, 6.07) is 11.2. The lowest BCUT2D eigenvalue weighted by molar-refractivity contribution is -0.117. The average Bonchev–Trinajstić information content (AvgIpc) is 3.36. The van der Waals surface area contributed by atoms with Gasteiger partial charge in [0.25, 0.3) is 11.8 Å². The van der Waals surface area contributed by atoms with Crippen molar-refractivity contribution in [2.24, 2.45) is 4.99 Å². The van der Waals surface area contributed by atoms with Gasteiger partial charge < -0.3 is 19.4 Å². The summed E-state index contributed by atoms with van der Waals surface area (Å²) in [5, 5.41) is 4.30. The molecule has 2 heterocycles. The van der Waals surface area contributed by atoms with E-state index in [1.807, 2.05) is 0 Å². The van der Waals surface area contributed by atoms with Crippen molar-refractivity contribution in [2.75, 3.05) is 13.3 Å². The second kappa shape index (κ2) is 8.27. The first-order chi connectivity index (χ1) is 14.1. The van der Waals surface area contributed by atoms with Crippen molar-refractivity contribution in [3.05, 3.63) is 75.8 Å². The Balaban J connectivity index is 1.41. The van der Waals surface area contributed by atoms with E-state index in [1.165, 1.54) is 17.4 Å². The predicted octanol–water partition coefficient (Wildman–Crippen LogP) is 2.32. The molecule has 0 radical (unpaired) electrons. The van der Waals surface area contributed by atoms with E-state index in [0.29, 0.717) is 27.4 Å². The van der Waals surface area contributed by atoms with E-state index in [2.05, 4.69) is 10.3 Å². The lowest BCUT2D eigenvalue weighted by Gasteiger charge is -2.05. The summed E-state index contributed by atoms with van der Waals surface area (Å²) < 4.78 is 26.0. The standard InChI is InChI=1S/C20H16FN3O4S/c21-15-4-2-1-3-14(15)11-24-7-8-29-20(24)23-18(25)10-22-19(26)13-5-6-16-17(9-13)28-12-27-16/h1-9H,10-12H2,(H,22,26). The largest absolute Gasteiger partial charge is 0.454 e. The van der Waals surface area contributed by atoms with Crippen molar-refractivity contribution in [2.45, 2.75) is 6.54 Å². The molecule has 1 aromatic heterocycles. The fourth-order valence-electron chi connectivity index (χ4n) is 2.76. The number of thiazole rings is 1. The number of aromatic nitrogens is 1. The molecule has 2 amide bonds. The number of benzene rings is 2. The van der Waals surface area contributed by atoms with E-state index in [-0.39, 0.29) is 25.7 Å². The Morgan fingerprint density at radius 1 is 1.17 bits per heavy atom. The third-order valence-corrected chi connectivity index (χ3v) is 5.01. The van der Waals surface area contributed by atoms with Crippen LogP contribution in [0.5, 0.6) is 11.5 Å². The monoisotopic (exact) mass is 413 g/mol. The van der Waals surface area contributed by atoms with Gasteiger partial charge in [0.05, 0.1) is 13.1 Å². The molecule has 4 rings (SSSR count). The summed E-state index contributed by atoms with van der Waals surface area (Å²) >= 11 is 1.26. The Labute approximate surface area is 169 Å². The summed E-state index contributed by atoms with van der Waals surface area (Å²) in [7, 11) is 0. The van der Waals surface area contributed by atoms with Crippen LogP contribution in [0.4, 0.5) is 4.39 Å². The van der Waals surface area contributed by atoms with E-state index in [4.69, 9.17) is 9.47 Å². The molecule has 1 aliphatic rings. The van der Waals surface area contributed by atoms with Crippen molar-refractivity contribution >= 4 is 23.2 Å². The Bertz CT molecular complexity index is 1140. The lowest BCUT2D eigenvalue weighted by Crippen LogP contribution is -2.30. The number of hydrogen-bond acceptors (Lipinski definition) is 5. The highest BCUT2D eigenvalue weighted by atomic mass is 32.1. The van der Waals surface area contributed by atoms with Gasteiger partial charge in [-0.1, -0.05) is 18.2 Å². The molecule has 148 valence electrons. The molecule has 0 saturated carbocycles. The van der Waals surface area contributed by atoms with Crippen LogP contribution in [0.1, 0.15) is 15.9 Å². The molecule has 29 heavy (non-hydrogen) atoms. The fourth-order valence-corrected chi connectivity index (χ4v) is 3.50. The number of nitrogens with one attached hydrogen (secondary N) is 1. The fraction of sp³-hybridized carbons (Fsp3) is 0.150. The summed E-state index contributed by atoms with van der Waals surface area (Å²) in [5.41, 5.74) is 0.851. The summed E-state index contributed by atoms with van der Waals surface area (Å²) in [6.45, 7) is 0.113. The van der Waals surface area contributed by atoms with Gasteiger partial charge in [0.2, 0.25) is 6.79 Å². The van der Waals surface area contributed by atoms with E-state index in [0.717, 1.165) is 0 Å². The number of halogens is 1. The summed E-state index contributed by atoms with van der Waals surface area (Å²) in [6.07, 6.45) is 1.73.